The third-order valence-electron chi connectivity index (χ3n) is 4.58. The Balaban J connectivity index is 1.86. The number of hydrogen-bond donors (Lipinski definition) is 0. The van der Waals surface area contributed by atoms with Crippen LogP contribution in [-0.2, 0) is 0 Å². The first-order valence-electron chi connectivity index (χ1n) is 9.45. The van der Waals surface area contributed by atoms with Gasteiger partial charge in [-0.3, -0.25) is 9.36 Å². The van der Waals surface area contributed by atoms with E-state index < -0.39 is 11.6 Å². The van der Waals surface area contributed by atoms with Crippen LogP contribution in [0.3, 0.4) is 0 Å². The molecular weight excluding hydrogens is 386 g/mol. The fraction of sp³-hybridized carbons (Fsp3) is 0.0833. The van der Waals surface area contributed by atoms with Gasteiger partial charge in [-0.2, -0.15) is 0 Å². The van der Waals surface area contributed by atoms with E-state index in [4.69, 9.17) is 4.74 Å². The summed E-state index contributed by atoms with van der Waals surface area (Å²) in [5.74, 6) is -0.788. The van der Waals surface area contributed by atoms with Crippen molar-refractivity contribution in [3.8, 4) is 11.4 Å². The van der Waals surface area contributed by atoms with Crippen LogP contribution in [0.5, 0.6) is 5.75 Å². The number of nitrogens with zero attached hydrogens (tertiary/aromatic N) is 2. The molecule has 0 saturated carbocycles. The Hall–Kier alpha value is -3.80. The Labute approximate surface area is 171 Å². The van der Waals surface area contributed by atoms with Gasteiger partial charge in [-0.1, -0.05) is 24.3 Å². The van der Waals surface area contributed by atoms with Crippen LogP contribution in [0.4, 0.5) is 8.78 Å². The largest absolute Gasteiger partial charge is 0.494 e. The molecule has 1 heterocycles. The monoisotopic (exact) mass is 404 g/mol. The van der Waals surface area contributed by atoms with Crippen molar-refractivity contribution in [3.05, 3.63) is 100 Å². The molecule has 0 unspecified atom stereocenters. The molecule has 6 heteroatoms. The second-order valence-electron chi connectivity index (χ2n) is 6.56. The molecule has 30 heavy (non-hydrogen) atoms. The Bertz CT molecular complexity index is 1300. The Kier molecular flexibility index (Phi) is 5.39. The maximum absolute atomic E-state index is 13.5. The second-order valence-corrected chi connectivity index (χ2v) is 6.56. The quantitative estimate of drug-likeness (QED) is 0.457. The van der Waals surface area contributed by atoms with Crippen molar-refractivity contribution in [1.29, 1.82) is 0 Å². The minimum absolute atomic E-state index is 0.227. The molecule has 0 bridgehead atoms. The van der Waals surface area contributed by atoms with Crippen LogP contribution < -0.4 is 10.3 Å². The van der Waals surface area contributed by atoms with Gasteiger partial charge < -0.3 is 4.74 Å². The van der Waals surface area contributed by atoms with Crippen LogP contribution in [0, 0.1) is 11.6 Å². The summed E-state index contributed by atoms with van der Waals surface area (Å²) in [6.07, 6.45) is 3.20. The molecule has 0 atom stereocenters. The van der Waals surface area contributed by atoms with E-state index in [1.165, 1.54) is 10.6 Å². The molecule has 0 aliphatic carbocycles. The van der Waals surface area contributed by atoms with Gasteiger partial charge in [0.05, 0.1) is 23.2 Å². The van der Waals surface area contributed by atoms with Gasteiger partial charge in [0.15, 0.2) is 11.6 Å². The van der Waals surface area contributed by atoms with Crippen molar-refractivity contribution in [1.82, 2.24) is 9.55 Å². The van der Waals surface area contributed by atoms with Gasteiger partial charge >= 0.3 is 0 Å². The Morgan fingerprint density at radius 1 is 0.967 bits per heavy atom. The summed E-state index contributed by atoms with van der Waals surface area (Å²) >= 11 is 0. The van der Waals surface area contributed by atoms with Gasteiger partial charge in [0.2, 0.25) is 0 Å². The lowest BCUT2D eigenvalue weighted by Gasteiger charge is -2.12. The molecule has 0 aliphatic heterocycles. The number of benzene rings is 3. The maximum atomic E-state index is 13.5. The number of halogens is 2. The van der Waals surface area contributed by atoms with E-state index in [1.54, 1.807) is 60.7 Å². The Morgan fingerprint density at radius 2 is 1.73 bits per heavy atom. The highest BCUT2D eigenvalue weighted by molar-refractivity contribution is 5.80. The summed E-state index contributed by atoms with van der Waals surface area (Å²) in [5, 5.41) is 0.483. The Morgan fingerprint density at radius 3 is 2.47 bits per heavy atom. The van der Waals surface area contributed by atoms with Crippen molar-refractivity contribution in [2.75, 3.05) is 6.61 Å². The van der Waals surface area contributed by atoms with Crippen molar-refractivity contribution in [3.63, 3.8) is 0 Å². The zero-order valence-electron chi connectivity index (χ0n) is 16.2. The summed E-state index contributed by atoms with van der Waals surface area (Å²) in [4.78, 5) is 17.8. The molecule has 0 saturated heterocycles. The number of para-hydroxylation sites is 1. The predicted molar refractivity (Wildman–Crippen MR) is 114 cm³/mol. The average Bonchev–Trinajstić information content (AvgIpc) is 2.76. The van der Waals surface area contributed by atoms with Gasteiger partial charge in [0.1, 0.15) is 11.6 Å². The van der Waals surface area contributed by atoms with Crippen molar-refractivity contribution in [2.24, 2.45) is 0 Å². The molecular formula is C24H18F2N2O2. The lowest BCUT2D eigenvalue weighted by Crippen LogP contribution is -2.22. The number of hydrogen-bond acceptors (Lipinski definition) is 3. The van der Waals surface area contributed by atoms with E-state index >= 15 is 0 Å². The van der Waals surface area contributed by atoms with Gasteiger partial charge in [-0.25, -0.2) is 13.8 Å². The first-order valence-corrected chi connectivity index (χ1v) is 9.45. The number of aromatic nitrogens is 2. The summed E-state index contributed by atoms with van der Waals surface area (Å²) in [6, 6.07) is 17.8. The fourth-order valence-corrected chi connectivity index (χ4v) is 3.16. The molecule has 0 radical (unpaired) electrons. The maximum Gasteiger partial charge on any atom is 0.266 e. The van der Waals surface area contributed by atoms with Gasteiger partial charge in [-0.05, 0) is 67.1 Å². The topological polar surface area (TPSA) is 44.1 Å². The zero-order chi connectivity index (χ0) is 21.1. The highest BCUT2D eigenvalue weighted by atomic mass is 19.2. The van der Waals surface area contributed by atoms with E-state index in [0.717, 1.165) is 12.1 Å². The van der Waals surface area contributed by atoms with Crippen molar-refractivity contribution < 1.29 is 13.5 Å². The first-order chi connectivity index (χ1) is 14.6. The third kappa shape index (κ3) is 3.85. The van der Waals surface area contributed by atoms with Gasteiger partial charge in [0.25, 0.3) is 5.56 Å². The smallest absolute Gasteiger partial charge is 0.266 e. The lowest BCUT2D eigenvalue weighted by atomic mass is 10.2. The highest BCUT2D eigenvalue weighted by Gasteiger charge is 2.11. The van der Waals surface area contributed by atoms with E-state index in [9.17, 15) is 13.6 Å². The number of fused-ring (bicyclic) bond motifs is 1. The summed E-state index contributed by atoms with van der Waals surface area (Å²) in [6.45, 7) is 2.44. The predicted octanol–water partition coefficient (Wildman–Crippen LogP) is 5.23. The molecule has 4 nitrogen and oxygen atoms in total. The minimum atomic E-state index is -0.937. The number of rotatable bonds is 5. The molecule has 150 valence electrons. The van der Waals surface area contributed by atoms with E-state index in [2.05, 4.69) is 4.98 Å². The highest BCUT2D eigenvalue weighted by Crippen LogP contribution is 2.19. The summed E-state index contributed by atoms with van der Waals surface area (Å²) in [5.41, 5.74) is 1.39. The molecule has 0 aliphatic rings. The summed E-state index contributed by atoms with van der Waals surface area (Å²) < 4.78 is 33.7. The van der Waals surface area contributed by atoms with Crippen molar-refractivity contribution >= 4 is 23.1 Å². The molecule has 4 aromatic rings. The van der Waals surface area contributed by atoms with Crippen LogP contribution in [-0.4, -0.2) is 16.2 Å². The lowest BCUT2D eigenvalue weighted by molar-refractivity contribution is 0.340. The molecule has 0 spiro atoms. The number of ether oxygens (including phenoxy) is 1. The molecule has 0 N–H and O–H groups in total. The van der Waals surface area contributed by atoms with Gasteiger partial charge in [0, 0.05) is 0 Å². The van der Waals surface area contributed by atoms with Gasteiger partial charge in [-0.15, -0.1) is 0 Å². The van der Waals surface area contributed by atoms with E-state index in [1.807, 2.05) is 6.92 Å². The standard InChI is InChI=1S/C24H18F2N2O2/c1-2-30-18-11-9-17(10-12-18)28-23(14-8-16-7-13-20(25)21(26)15-16)27-22-6-4-3-5-19(22)24(28)29/h3-15H,2H2,1H3. The molecule has 3 aromatic carbocycles. The van der Waals surface area contributed by atoms with Crippen LogP contribution >= 0.6 is 0 Å². The average molecular weight is 404 g/mol. The zero-order valence-corrected chi connectivity index (χ0v) is 16.2. The van der Waals surface area contributed by atoms with Crippen LogP contribution in [0.15, 0.2) is 71.5 Å². The molecule has 0 amide bonds. The first kappa shape index (κ1) is 19.5. The van der Waals surface area contributed by atoms with Crippen LogP contribution in [0.25, 0.3) is 28.7 Å². The molecule has 0 fully saturated rings. The SMILES string of the molecule is CCOc1ccc(-n2c(C=Cc3ccc(F)c(F)c3)nc3ccccc3c2=O)cc1. The van der Waals surface area contributed by atoms with Crippen LogP contribution in [0.1, 0.15) is 18.3 Å². The van der Waals surface area contributed by atoms with Crippen molar-refractivity contribution in [2.45, 2.75) is 6.92 Å². The molecule has 4 rings (SSSR count). The fourth-order valence-electron chi connectivity index (χ4n) is 3.16. The second kappa shape index (κ2) is 8.29. The van der Waals surface area contributed by atoms with E-state index in [0.29, 0.717) is 40.3 Å². The third-order valence-corrected chi connectivity index (χ3v) is 4.58. The van der Waals surface area contributed by atoms with E-state index in [-0.39, 0.29) is 5.56 Å². The normalized spacial score (nSPS) is 11.3. The summed E-state index contributed by atoms with van der Waals surface area (Å²) in [7, 11) is 0. The van der Waals surface area contributed by atoms with Crippen LogP contribution in [0.2, 0.25) is 0 Å². The minimum Gasteiger partial charge on any atom is -0.494 e. The molecule has 1 aromatic heterocycles.